The van der Waals surface area contributed by atoms with Crippen LogP contribution < -0.4 is 9.47 Å². The van der Waals surface area contributed by atoms with Crippen molar-refractivity contribution in [2.45, 2.75) is 9.79 Å². The van der Waals surface area contributed by atoms with Gasteiger partial charge in [0.05, 0.1) is 29.9 Å². The van der Waals surface area contributed by atoms with Gasteiger partial charge in [-0.15, -0.1) is 0 Å². The number of likely N-dealkylation sites (N-methyl/N-ethyl adjacent to an activating group) is 4. The predicted molar refractivity (Wildman–Crippen MR) is 161 cm³/mol. The number of ether oxygens (including phenoxy) is 2. The Balaban J connectivity index is 2.23. The summed E-state index contributed by atoms with van der Waals surface area (Å²) in [7, 11) is 1.94. The predicted octanol–water partition coefficient (Wildman–Crippen LogP) is 3.18. The fourth-order valence-corrected chi connectivity index (χ4v) is 6.93. The first-order valence-corrected chi connectivity index (χ1v) is 16.3. The van der Waals surface area contributed by atoms with Crippen LogP contribution in [0.4, 0.5) is 0 Å². The first-order chi connectivity index (χ1) is 19.3. The van der Waals surface area contributed by atoms with Crippen LogP contribution in [0.15, 0.2) is 34.1 Å². The highest BCUT2D eigenvalue weighted by Crippen LogP contribution is 2.38. The second-order valence-electron chi connectivity index (χ2n) is 9.47. The van der Waals surface area contributed by atoms with E-state index in [-0.39, 0.29) is 43.0 Å². The van der Waals surface area contributed by atoms with Gasteiger partial charge >= 0.3 is 11.9 Å². The zero-order chi connectivity index (χ0) is 32.2. The van der Waals surface area contributed by atoms with Gasteiger partial charge in [0.2, 0.25) is 20.0 Å². The molecule has 0 aliphatic heterocycles. The van der Waals surface area contributed by atoms with Gasteiger partial charge in [0.1, 0.15) is 0 Å². The largest absolute Gasteiger partial charge is 0.423 e. The Bertz CT molecular complexity index is 1390. The van der Waals surface area contributed by atoms with Crippen LogP contribution in [0.5, 0.6) is 11.5 Å². The average molecular weight is 708 g/mol. The zero-order valence-corrected chi connectivity index (χ0v) is 28.2. The lowest BCUT2D eigenvalue weighted by molar-refractivity contribution is -0.156. The van der Waals surface area contributed by atoms with E-state index in [1.165, 1.54) is 14.1 Å². The maximum atomic E-state index is 12.9. The number of hydrogen-bond donors (Lipinski definition) is 0. The summed E-state index contributed by atoms with van der Waals surface area (Å²) in [5.41, 5.74) is 0. The molecular weight excluding hydrogens is 678 g/mol. The average Bonchev–Trinajstić information content (AvgIpc) is 2.88. The van der Waals surface area contributed by atoms with E-state index in [9.17, 15) is 26.4 Å². The molecule has 0 fully saturated rings. The SMILES string of the molecule is CN(C)CCN(C)S(=O)(=O)c1cc(Cl)c(OC(=O)C(=O)Oc2c(Cl)cc(S(=O)(=O)N(C)CCN(C)C)cc2Cl)c(Cl)c1. The number of benzene rings is 2. The molecule has 42 heavy (non-hydrogen) atoms. The van der Waals surface area contributed by atoms with E-state index in [0.29, 0.717) is 13.1 Å². The summed E-state index contributed by atoms with van der Waals surface area (Å²) in [6.07, 6.45) is 0. The van der Waals surface area contributed by atoms with Gasteiger partial charge in [-0.3, -0.25) is 0 Å². The Hall–Kier alpha value is -1.72. The van der Waals surface area contributed by atoms with Crippen molar-refractivity contribution in [2.24, 2.45) is 0 Å². The number of esters is 2. The molecule has 0 aromatic heterocycles. The number of carbonyl (C=O) groups excluding carboxylic acids is 2. The lowest BCUT2D eigenvalue weighted by atomic mass is 10.3. The number of halogens is 4. The Morgan fingerprint density at radius 1 is 0.571 bits per heavy atom. The van der Waals surface area contributed by atoms with Gasteiger partial charge < -0.3 is 19.3 Å². The number of carbonyl (C=O) groups is 2. The number of sulfonamides is 2. The summed E-state index contributed by atoms with van der Waals surface area (Å²) < 4.78 is 63.7. The minimum atomic E-state index is -3.99. The highest BCUT2D eigenvalue weighted by atomic mass is 35.5. The standard InChI is InChI=1S/C24H30Cl4N4O8S2/c1-29(2)7-9-31(5)41(35,36)15-11-17(25)21(18(26)12-15)39-23(33)24(34)40-22-19(27)13-16(14-20(22)28)42(37,38)32(6)10-8-30(3)4/h11-14H,7-10H2,1-6H3. The first kappa shape index (κ1) is 36.5. The van der Waals surface area contributed by atoms with Gasteiger partial charge in [-0.05, 0) is 52.5 Å². The Morgan fingerprint density at radius 3 is 1.07 bits per heavy atom. The van der Waals surface area contributed by atoms with Crippen LogP contribution in [-0.2, 0) is 29.6 Å². The fourth-order valence-electron chi connectivity index (χ4n) is 3.12. The van der Waals surface area contributed by atoms with Gasteiger partial charge in [-0.1, -0.05) is 46.4 Å². The summed E-state index contributed by atoms with van der Waals surface area (Å²) in [6, 6.07) is 4.08. The molecule has 0 unspecified atom stereocenters. The van der Waals surface area contributed by atoms with E-state index in [4.69, 9.17) is 55.9 Å². The summed E-state index contributed by atoms with van der Waals surface area (Å²) in [5, 5.41) is -1.47. The number of rotatable bonds is 12. The highest BCUT2D eigenvalue weighted by Gasteiger charge is 2.29. The molecule has 0 aliphatic carbocycles. The van der Waals surface area contributed by atoms with E-state index >= 15 is 0 Å². The molecule has 0 saturated carbocycles. The summed E-state index contributed by atoms with van der Waals surface area (Å²) >= 11 is 24.6. The van der Waals surface area contributed by atoms with E-state index in [2.05, 4.69) is 0 Å². The fraction of sp³-hybridized carbons (Fsp3) is 0.417. The number of nitrogens with zero attached hydrogens (tertiary/aromatic N) is 4. The summed E-state index contributed by atoms with van der Waals surface area (Å²) in [6.45, 7) is 1.27. The summed E-state index contributed by atoms with van der Waals surface area (Å²) in [4.78, 5) is 28.1. The van der Waals surface area contributed by atoms with Crippen LogP contribution in [0, 0.1) is 0 Å². The molecule has 0 saturated heterocycles. The highest BCUT2D eigenvalue weighted by molar-refractivity contribution is 7.89. The van der Waals surface area contributed by atoms with Crippen molar-refractivity contribution >= 4 is 78.4 Å². The van der Waals surface area contributed by atoms with E-state index in [1.807, 2.05) is 0 Å². The molecule has 0 bridgehead atoms. The number of hydrogen-bond acceptors (Lipinski definition) is 10. The van der Waals surface area contributed by atoms with Crippen molar-refractivity contribution < 1.29 is 35.9 Å². The van der Waals surface area contributed by atoms with Crippen molar-refractivity contribution in [3.05, 3.63) is 44.4 Å². The minimum Gasteiger partial charge on any atom is -0.415 e. The molecule has 0 spiro atoms. The Kier molecular flexibility index (Phi) is 12.9. The second-order valence-corrected chi connectivity index (χ2v) is 15.2. The quantitative estimate of drug-likeness (QED) is 0.184. The lowest BCUT2D eigenvalue weighted by Gasteiger charge is -2.20. The van der Waals surface area contributed by atoms with Crippen molar-refractivity contribution in [3.63, 3.8) is 0 Å². The van der Waals surface area contributed by atoms with Crippen molar-refractivity contribution in [2.75, 3.05) is 68.5 Å². The molecule has 0 heterocycles. The molecule has 0 aliphatic rings. The lowest BCUT2D eigenvalue weighted by Crippen LogP contribution is -2.33. The van der Waals surface area contributed by atoms with Crippen LogP contribution in [0.3, 0.4) is 0 Å². The van der Waals surface area contributed by atoms with Gasteiger partial charge in [0.25, 0.3) is 0 Å². The van der Waals surface area contributed by atoms with Gasteiger partial charge in [0, 0.05) is 40.3 Å². The molecule has 2 rings (SSSR count). The summed E-state index contributed by atoms with van der Waals surface area (Å²) in [5.74, 6) is -4.17. The third-order valence-electron chi connectivity index (χ3n) is 5.64. The van der Waals surface area contributed by atoms with Gasteiger partial charge in [0.15, 0.2) is 11.5 Å². The molecule has 12 nitrogen and oxygen atoms in total. The maximum Gasteiger partial charge on any atom is 0.423 e. The smallest absolute Gasteiger partial charge is 0.415 e. The van der Waals surface area contributed by atoms with Crippen LogP contribution >= 0.6 is 46.4 Å². The molecule has 2 aromatic carbocycles. The third-order valence-corrected chi connectivity index (χ3v) is 10.4. The molecule has 2 aromatic rings. The van der Waals surface area contributed by atoms with Crippen LogP contribution in [0.1, 0.15) is 0 Å². The molecule has 0 radical (unpaired) electrons. The van der Waals surface area contributed by atoms with E-state index < -0.39 is 43.5 Å². The van der Waals surface area contributed by atoms with Crippen molar-refractivity contribution in [1.82, 2.24) is 18.4 Å². The van der Waals surface area contributed by atoms with Crippen LogP contribution in [0.25, 0.3) is 0 Å². The molecule has 18 heteroatoms. The second kappa shape index (κ2) is 14.8. The molecule has 0 amide bonds. The van der Waals surface area contributed by atoms with Crippen LogP contribution in [-0.4, -0.2) is 116 Å². The third kappa shape index (κ3) is 9.14. The maximum absolute atomic E-state index is 12.9. The van der Waals surface area contributed by atoms with Crippen LogP contribution in [0.2, 0.25) is 20.1 Å². The topological polar surface area (TPSA) is 134 Å². The Morgan fingerprint density at radius 2 is 0.833 bits per heavy atom. The van der Waals surface area contributed by atoms with E-state index in [0.717, 1.165) is 32.9 Å². The monoisotopic (exact) mass is 706 g/mol. The normalized spacial score (nSPS) is 12.4. The zero-order valence-electron chi connectivity index (χ0n) is 23.5. The first-order valence-electron chi connectivity index (χ1n) is 11.9. The van der Waals surface area contributed by atoms with Gasteiger partial charge in [-0.2, -0.15) is 8.61 Å². The van der Waals surface area contributed by atoms with E-state index in [1.54, 1.807) is 38.0 Å². The molecule has 234 valence electrons. The Labute approximate surface area is 265 Å². The molecule has 0 atom stereocenters. The van der Waals surface area contributed by atoms with Gasteiger partial charge in [-0.25, -0.2) is 26.4 Å². The minimum absolute atomic E-state index is 0.179. The molecular formula is C24H30Cl4N4O8S2. The van der Waals surface area contributed by atoms with Crippen molar-refractivity contribution in [1.29, 1.82) is 0 Å². The molecule has 0 N–H and O–H groups in total. The van der Waals surface area contributed by atoms with Crippen molar-refractivity contribution in [3.8, 4) is 11.5 Å².